The number of carbonyl (C=O) groups is 2. The minimum atomic E-state index is -3.19. The number of hydrogen-bond donors (Lipinski definition) is 1. The highest BCUT2D eigenvalue weighted by atomic mass is 19.3. The maximum absolute atomic E-state index is 13.6. The van der Waals surface area contributed by atoms with Gasteiger partial charge in [-0.2, -0.15) is 8.78 Å². The van der Waals surface area contributed by atoms with Gasteiger partial charge < -0.3 is 14.7 Å². The first-order valence-electron chi connectivity index (χ1n) is 5.65. The molecule has 0 unspecified atom stereocenters. The van der Waals surface area contributed by atoms with Crippen molar-refractivity contribution in [1.29, 1.82) is 0 Å². The molecule has 1 amide bonds. The lowest BCUT2D eigenvalue weighted by molar-refractivity contribution is -0.146. The Hall–Kier alpha value is -2.25. The van der Waals surface area contributed by atoms with Gasteiger partial charge in [-0.15, -0.1) is 0 Å². The summed E-state index contributed by atoms with van der Waals surface area (Å²) in [7, 11) is 0. The van der Waals surface area contributed by atoms with E-state index in [9.17, 15) is 22.8 Å². The van der Waals surface area contributed by atoms with E-state index in [1.807, 2.05) is 0 Å². The topological polar surface area (TPSA) is 66.8 Å². The van der Waals surface area contributed by atoms with Crippen LogP contribution in [0.4, 0.5) is 13.2 Å². The van der Waals surface area contributed by atoms with Crippen LogP contribution in [0.1, 0.15) is 10.4 Å². The highest BCUT2D eigenvalue weighted by Crippen LogP contribution is 2.27. The summed E-state index contributed by atoms with van der Waals surface area (Å²) in [5.74, 6) is -4.20. The standard InChI is InChI=1S/C12H10F3NO4/c13-7-2-1-3-8(20-12(14)15)9(7)10(17)16-4-6(5-16)11(18)19/h1-3,6,12H,4-5H2,(H,18,19). The van der Waals surface area contributed by atoms with Crippen LogP contribution in [-0.2, 0) is 4.79 Å². The lowest BCUT2D eigenvalue weighted by atomic mass is 9.99. The molecule has 8 heteroatoms. The maximum Gasteiger partial charge on any atom is 0.387 e. The molecule has 0 saturated carbocycles. The Morgan fingerprint density at radius 3 is 2.55 bits per heavy atom. The molecule has 1 aliphatic rings. The predicted octanol–water partition coefficient (Wildman–Crippen LogP) is 1.58. The van der Waals surface area contributed by atoms with E-state index in [0.717, 1.165) is 23.1 Å². The van der Waals surface area contributed by atoms with Crippen molar-refractivity contribution in [3.8, 4) is 5.75 Å². The maximum atomic E-state index is 13.6. The van der Waals surface area contributed by atoms with Crippen LogP contribution in [0.15, 0.2) is 18.2 Å². The summed E-state index contributed by atoms with van der Waals surface area (Å²) in [4.78, 5) is 23.7. The Morgan fingerprint density at radius 2 is 2.00 bits per heavy atom. The minimum absolute atomic E-state index is 0.0867. The van der Waals surface area contributed by atoms with Crippen LogP contribution >= 0.6 is 0 Å². The van der Waals surface area contributed by atoms with E-state index < -0.39 is 41.5 Å². The molecular weight excluding hydrogens is 279 g/mol. The van der Waals surface area contributed by atoms with Crippen molar-refractivity contribution in [3.05, 3.63) is 29.6 Å². The Balaban J connectivity index is 2.20. The number of rotatable bonds is 4. The normalized spacial score (nSPS) is 15.1. The fourth-order valence-corrected chi connectivity index (χ4v) is 1.86. The first kappa shape index (κ1) is 14.2. The molecule has 0 aromatic heterocycles. The van der Waals surface area contributed by atoms with Gasteiger partial charge in [0, 0.05) is 13.1 Å². The molecule has 1 fully saturated rings. The summed E-state index contributed by atoms with van der Waals surface area (Å²) in [6.07, 6.45) is 0. The quantitative estimate of drug-likeness (QED) is 0.914. The molecule has 1 aliphatic heterocycles. The van der Waals surface area contributed by atoms with Gasteiger partial charge >= 0.3 is 12.6 Å². The number of halogens is 3. The fourth-order valence-electron chi connectivity index (χ4n) is 1.86. The molecule has 0 bridgehead atoms. The molecule has 20 heavy (non-hydrogen) atoms. The number of alkyl halides is 2. The van der Waals surface area contributed by atoms with Crippen molar-refractivity contribution >= 4 is 11.9 Å². The van der Waals surface area contributed by atoms with Gasteiger partial charge in [-0.05, 0) is 12.1 Å². The van der Waals surface area contributed by atoms with Crippen LogP contribution in [0.2, 0.25) is 0 Å². The van der Waals surface area contributed by atoms with Crippen LogP contribution in [0.25, 0.3) is 0 Å². The number of ether oxygens (including phenoxy) is 1. The van der Waals surface area contributed by atoms with E-state index in [1.54, 1.807) is 0 Å². The summed E-state index contributed by atoms with van der Waals surface area (Å²) >= 11 is 0. The van der Waals surface area contributed by atoms with Crippen molar-refractivity contribution in [1.82, 2.24) is 4.90 Å². The van der Waals surface area contributed by atoms with E-state index in [2.05, 4.69) is 4.74 Å². The number of likely N-dealkylation sites (tertiary alicyclic amines) is 1. The highest BCUT2D eigenvalue weighted by Gasteiger charge is 2.38. The van der Waals surface area contributed by atoms with E-state index in [1.165, 1.54) is 0 Å². The zero-order valence-electron chi connectivity index (χ0n) is 10.1. The zero-order valence-corrected chi connectivity index (χ0v) is 10.1. The molecule has 0 atom stereocenters. The molecule has 0 aliphatic carbocycles. The van der Waals surface area contributed by atoms with E-state index in [-0.39, 0.29) is 13.1 Å². The molecule has 1 aromatic rings. The number of carboxylic acids is 1. The first-order valence-corrected chi connectivity index (χ1v) is 5.65. The van der Waals surface area contributed by atoms with E-state index >= 15 is 0 Å². The SMILES string of the molecule is O=C(O)C1CN(C(=O)c2c(F)cccc2OC(F)F)C1. The van der Waals surface area contributed by atoms with Gasteiger partial charge in [0.05, 0.1) is 5.92 Å². The number of amides is 1. The molecular formula is C12H10F3NO4. The van der Waals surface area contributed by atoms with Crippen molar-refractivity contribution in [3.63, 3.8) is 0 Å². The van der Waals surface area contributed by atoms with Gasteiger partial charge in [-0.25, -0.2) is 4.39 Å². The number of benzene rings is 1. The van der Waals surface area contributed by atoms with Gasteiger partial charge in [0.1, 0.15) is 17.1 Å². The third kappa shape index (κ3) is 2.68. The largest absolute Gasteiger partial charge is 0.481 e. The van der Waals surface area contributed by atoms with E-state index in [0.29, 0.717) is 0 Å². The van der Waals surface area contributed by atoms with Crippen molar-refractivity contribution < 1.29 is 32.6 Å². The minimum Gasteiger partial charge on any atom is -0.481 e. The van der Waals surface area contributed by atoms with Crippen LogP contribution in [0, 0.1) is 11.7 Å². The van der Waals surface area contributed by atoms with Gasteiger partial charge in [-0.3, -0.25) is 9.59 Å². The lowest BCUT2D eigenvalue weighted by Crippen LogP contribution is -2.53. The second-order valence-corrected chi connectivity index (χ2v) is 4.24. The monoisotopic (exact) mass is 289 g/mol. The second-order valence-electron chi connectivity index (χ2n) is 4.24. The van der Waals surface area contributed by atoms with Gasteiger partial charge in [0.2, 0.25) is 0 Å². The molecule has 0 radical (unpaired) electrons. The second kappa shape index (κ2) is 5.40. The third-order valence-corrected chi connectivity index (χ3v) is 2.92. The highest BCUT2D eigenvalue weighted by molar-refractivity contribution is 5.98. The third-order valence-electron chi connectivity index (χ3n) is 2.92. The van der Waals surface area contributed by atoms with Crippen molar-refractivity contribution in [2.24, 2.45) is 5.92 Å². The average molecular weight is 289 g/mol. The summed E-state index contributed by atoms with van der Waals surface area (Å²) < 4.78 is 42.2. The van der Waals surface area contributed by atoms with Crippen LogP contribution in [-0.4, -0.2) is 41.6 Å². The Bertz CT molecular complexity index is 544. The summed E-state index contributed by atoms with van der Waals surface area (Å²) in [5, 5.41) is 8.70. The van der Waals surface area contributed by atoms with Gasteiger partial charge in [0.25, 0.3) is 5.91 Å². The molecule has 0 spiro atoms. The number of nitrogens with zero attached hydrogens (tertiary/aromatic N) is 1. The van der Waals surface area contributed by atoms with Crippen LogP contribution in [0.5, 0.6) is 5.75 Å². The molecule has 1 N–H and O–H groups in total. The van der Waals surface area contributed by atoms with Crippen LogP contribution in [0.3, 0.4) is 0 Å². The number of carboxylic acid groups (broad SMARTS) is 1. The summed E-state index contributed by atoms with van der Waals surface area (Å²) in [5.41, 5.74) is -0.614. The smallest absolute Gasteiger partial charge is 0.387 e. The molecule has 108 valence electrons. The molecule has 1 aromatic carbocycles. The number of hydrogen-bond acceptors (Lipinski definition) is 3. The molecule has 5 nitrogen and oxygen atoms in total. The van der Waals surface area contributed by atoms with Crippen molar-refractivity contribution in [2.75, 3.05) is 13.1 Å². The Labute approximate surface area is 111 Å². The Kier molecular flexibility index (Phi) is 3.82. The van der Waals surface area contributed by atoms with E-state index in [4.69, 9.17) is 5.11 Å². The summed E-state index contributed by atoms with van der Waals surface area (Å²) in [6, 6.07) is 3.14. The predicted molar refractivity (Wildman–Crippen MR) is 60.1 cm³/mol. The van der Waals surface area contributed by atoms with Gasteiger partial charge in [-0.1, -0.05) is 6.07 Å². The van der Waals surface area contributed by atoms with Crippen LogP contribution < -0.4 is 4.74 Å². The zero-order chi connectivity index (χ0) is 14.9. The summed E-state index contributed by atoms with van der Waals surface area (Å²) in [6.45, 7) is -3.36. The lowest BCUT2D eigenvalue weighted by Gasteiger charge is -2.36. The average Bonchev–Trinajstić information content (AvgIpc) is 2.25. The number of aliphatic carboxylic acids is 1. The van der Waals surface area contributed by atoms with Gasteiger partial charge in [0.15, 0.2) is 0 Å². The molecule has 1 heterocycles. The van der Waals surface area contributed by atoms with Crippen molar-refractivity contribution in [2.45, 2.75) is 6.61 Å². The fraction of sp³-hybridized carbons (Fsp3) is 0.333. The molecule has 1 saturated heterocycles. The Morgan fingerprint density at radius 1 is 1.35 bits per heavy atom. The molecule has 2 rings (SSSR count). The number of carbonyl (C=O) groups excluding carboxylic acids is 1. The first-order chi connectivity index (χ1) is 9.40.